The van der Waals surface area contributed by atoms with Gasteiger partial charge >= 0.3 is 0 Å². The Balaban J connectivity index is 2.32. The van der Waals surface area contributed by atoms with Crippen LogP contribution in [-0.4, -0.2) is 55.0 Å². The van der Waals surface area contributed by atoms with Crippen LogP contribution in [0.1, 0.15) is 6.23 Å². The molecule has 8 nitrogen and oxygen atoms in total. The van der Waals surface area contributed by atoms with E-state index in [2.05, 4.69) is 10.1 Å². The molecule has 1 aliphatic rings. The molecule has 94 valence electrons. The van der Waals surface area contributed by atoms with Crippen molar-refractivity contribution >= 4 is 18.0 Å². The average Bonchev–Trinajstić information content (AvgIpc) is 2.57. The van der Waals surface area contributed by atoms with E-state index in [9.17, 15) is 10.2 Å². The quantitative estimate of drug-likeness (QED) is 0.459. The van der Waals surface area contributed by atoms with Gasteiger partial charge in [-0.3, -0.25) is 0 Å². The van der Waals surface area contributed by atoms with Crippen molar-refractivity contribution in [3.8, 4) is 0 Å². The van der Waals surface area contributed by atoms with Crippen LogP contribution in [0.4, 0.5) is 5.82 Å². The lowest BCUT2D eigenvalue weighted by atomic mass is 10.1. The molecule has 1 fully saturated rings. The van der Waals surface area contributed by atoms with Gasteiger partial charge in [0.1, 0.15) is 24.1 Å². The van der Waals surface area contributed by atoms with E-state index in [-0.39, 0.29) is 10.6 Å². The van der Waals surface area contributed by atoms with E-state index < -0.39 is 31.1 Å². The summed E-state index contributed by atoms with van der Waals surface area (Å²) in [5, 5.41) is 32.1. The Kier molecular flexibility index (Phi) is 3.35. The molecule has 0 spiro atoms. The highest BCUT2D eigenvalue weighted by atomic mass is 32.1. The summed E-state index contributed by atoms with van der Waals surface area (Å²) in [6.07, 6.45) is -3.05. The number of nitrogens with zero attached hydrogens (tertiary/aromatic N) is 3. The number of hydrogen-bond acceptors (Lipinski definition) is 8. The second kappa shape index (κ2) is 4.63. The number of nitrogen functional groups attached to an aromatic ring is 1. The highest BCUT2D eigenvalue weighted by Gasteiger charge is 2.44. The summed E-state index contributed by atoms with van der Waals surface area (Å²) < 4.78 is 6.41. The highest BCUT2D eigenvalue weighted by molar-refractivity contribution is 7.71. The minimum absolute atomic E-state index is 0.0276. The first kappa shape index (κ1) is 12.3. The summed E-state index contributed by atoms with van der Waals surface area (Å²) in [6.45, 7) is -0.412. The van der Waals surface area contributed by atoms with E-state index in [1.54, 1.807) is 0 Å². The maximum Gasteiger partial charge on any atom is 0.220 e. The third-order valence-corrected chi connectivity index (χ3v) is 2.77. The second-order valence-corrected chi connectivity index (χ2v) is 4.00. The summed E-state index contributed by atoms with van der Waals surface area (Å²) in [5.74, 6) is 0.151. The molecular weight excluding hydrogens is 248 g/mol. The van der Waals surface area contributed by atoms with Crippen LogP contribution in [0.25, 0.3) is 0 Å². The van der Waals surface area contributed by atoms with Crippen LogP contribution in [0.5, 0.6) is 0 Å². The fourth-order valence-corrected chi connectivity index (χ4v) is 1.87. The SMILES string of the molecule is Nc1cnn([C@@H]2O[C@H](CO)[C@@H](O)[C@H]2O)c(=S)n1. The molecule has 0 saturated carbocycles. The zero-order chi connectivity index (χ0) is 12.6. The van der Waals surface area contributed by atoms with Gasteiger partial charge in [0.25, 0.3) is 0 Å². The van der Waals surface area contributed by atoms with Crippen molar-refractivity contribution in [3.63, 3.8) is 0 Å². The number of hydrogen-bond donors (Lipinski definition) is 4. The van der Waals surface area contributed by atoms with E-state index in [0.29, 0.717) is 0 Å². The number of ether oxygens (including phenoxy) is 1. The second-order valence-electron chi connectivity index (χ2n) is 3.64. The van der Waals surface area contributed by atoms with Crippen molar-refractivity contribution in [1.29, 1.82) is 0 Å². The standard InChI is InChI=1S/C8H12N4O4S/c9-4-1-10-12(8(17)11-4)7-6(15)5(14)3(2-13)16-7/h1,3,5-7,13-15H,2H2,(H2,9,11,17)/t3-,5-,6-,7-/m1/s1. The number of aliphatic hydroxyl groups excluding tert-OH is 3. The Morgan fingerprint density at radius 3 is 2.71 bits per heavy atom. The van der Waals surface area contributed by atoms with Crippen LogP contribution < -0.4 is 5.73 Å². The van der Waals surface area contributed by atoms with E-state index in [0.717, 1.165) is 4.68 Å². The molecule has 1 saturated heterocycles. The molecule has 4 atom stereocenters. The Morgan fingerprint density at radius 1 is 1.47 bits per heavy atom. The summed E-state index contributed by atoms with van der Waals surface area (Å²) in [7, 11) is 0. The van der Waals surface area contributed by atoms with Crippen molar-refractivity contribution < 1.29 is 20.1 Å². The van der Waals surface area contributed by atoms with E-state index in [1.165, 1.54) is 6.20 Å². The third-order valence-electron chi connectivity index (χ3n) is 2.49. The molecule has 17 heavy (non-hydrogen) atoms. The molecule has 0 aliphatic carbocycles. The molecule has 0 bridgehead atoms. The molecular formula is C8H12N4O4S. The van der Waals surface area contributed by atoms with Crippen LogP contribution >= 0.6 is 12.2 Å². The molecule has 1 aromatic rings. The Labute approximate surface area is 101 Å². The van der Waals surface area contributed by atoms with Crippen LogP contribution in [0.15, 0.2) is 6.20 Å². The highest BCUT2D eigenvalue weighted by Crippen LogP contribution is 2.28. The third kappa shape index (κ3) is 2.15. The van der Waals surface area contributed by atoms with Crippen LogP contribution in [0, 0.1) is 4.77 Å². The first-order chi connectivity index (χ1) is 8.04. The van der Waals surface area contributed by atoms with Gasteiger partial charge in [-0.1, -0.05) is 0 Å². The fourth-order valence-electron chi connectivity index (χ4n) is 1.62. The summed E-state index contributed by atoms with van der Waals surface area (Å²) in [5.41, 5.74) is 5.40. The van der Waals surface area contributed by atoms with Gasteiger partial charge in [0.05, 0.1) is 12.8 Å². The van der Waals surface area contributed by atoms with Gasteiger partial charge in [-0.15, -0.1) is 0 Å². The monoisotopic (exact) mass is 260 g/mol. The van der Waals surface area contributed by atoms with E-state index in [4.69, 9.17) is 27.8 Å². The lowest BCUT2D eigenvalue weighted by Gasteiger charge is -2.16. The van der Waals surface area contributed by atoms with Gasteiger partial charge in [0.15, 0.2) is 6.23 Å². The Hall–Kier alpha value is -1.13. The normalized spacial score (nSPS) is 32.9. The van der Waals surface area contributed by atoms with Crippen molar-refractivity contribution in [2.75, 3.05) is 12.3 Å². The van der Waals surface area contributed by atoms with Crippen LogP contribution in [-0.2, 0) is 4.74 Å². The van der Waals surface area contributed by atoms with Crippen molar-refractivity contribution in [1.82, 2.24) is 14.8 Å². The van der Waals surface area contributed by atoms with E-state index in [1.807, 2.05) is 0 Å². The molecule has 0 unspecified atom stereocenters. The minimum atomic E-state index is -1.24. The molecule has 0 aromatic carbocycles. The predicted molar refractivity (Wildman–Crippen MR) is 58.3 cm³/mol. The van der Waals surface area contributed by atoms with Crippen molar-refractivity contribution in [2.45, 2.75) is 24.5 Å². The lowest BCUT2D eigenvalue weighted by Crippen LogP contribution is -2.33. The Morgan fingerprint density at radius 2 is 2.18 bits per heavy atom. The maximum atomic E-state index is 9.75. The molecule has 1 aliphatic heterocycles. The van der Waals surface area contributed by atoms with Crippen LogP contribution in [0.3, 0.4) is 0 Å². The first-order valence-corrected chi connectivity index (χ1v) is 5.29. The molecule has 0 amide bonds. The summed E-state index contributed by atoms with van der Waals surface area (Å²) in [6, 6.07) is 0. The first-order valence-electron chi connectivity index (χ1n) is 4.88. The predicted octanol–water partition coefficient (Wildman–Crippen LogP) is -1.80. The number of nitrogens with two attached hydrogens (primary N) is 1. The molecule has 5 N–H and O–H groups in total. The van der Waals surface area contributed by atoms with Gasteiger partial charge in [-0.2, -0.15) is 5.10 Å². The summed E-state index contributed by atoms with van der Waals surface area (Å²) >= 11 is 4.92. The smallest absolute Gasteiger partial charge is 0.220 e. The molecule has 9 heteroatoms. The minimum Gasteiger partial charge on any atom is -0.394 e. The molecule has 0 radical (unpaired) electrons. The zero-order valence-electron chi connectivity index (χ0n) is 8.67. The fraction of sp³-hybridized carbons (Fsp3) is 0.625. The van der Waals surface area contributed by atoms with Gasteiger partial charge in [0, 0.05) is 0 Å². The number of aromatic nitrogens is 3. The molecule has 2 heterocycles. The van der Waals surface area contributed by atoms with Gasteiger partial charge in [-0.05, 0) is 12.2 Å². The molecule has 2 rings (SSSR count). The zero-order valence-corrected chi connectivity index (χ0v) is 9.49. The van der Waals surface area contributed by atoms with Gasteiger partial charge < -0.3 is 25.8 Å². The van der Waals surface area contributed by atoms with Crippen molar-refractivity contribution in [2.24, 2.45) is 0 Å². The number of anilines is 1. The summed E-state index contributed by atoms with van der Waals surface area (Å²) in [4.78, 5) is 3.79. The molecule has 1 aromatic heterocycles. The maximum absolute atomic E-state index is 9.75. The lowest BCUT2D eigenvalue weighted by molar-refractivity contribution is -0.0606. The number of rotatable bonds is 2. The number of aliphatic hydroxyl groups is 3. The Bertz CT molecular complexity index is 467. The van der Waals surface area contributed by atoms with Crippen molar-refractivity contribution in [3.05, 3.63) is 11.0 Å². The van der Waals surface area contributed by atoms with E-state index >= 15 is 0 Å². The largest absolute Gasteiger partial charge is 0.394 e. The topological polar surface area (TPSA) is 127 Å². The van der Waals surface area contributed by atoms with Gasteiger partial charge in [0.2, 0.25) is 4.77 Å². The average molecular weight is 260 g/mol. The van der Waals surface area contributed by atoms with Crippen LogP contribution in [0.2, 0.25) is 0 Å². The van der Waals surface area contributed by atoms with Gasteiger partial charge in [-0.25, -0.2) is 9.67 Å².